The van der Waals surface area contributed by atoms with Crippen LogP contribution in [0.25, 0.3) is 0 Å². The molecule has 0 amide bonds. The maximum atomic E-state index is 12.8. The van der Waals surface area contributed by atoms with Crippen molar-refractivity contribution in [3.05, 3.63) is 40.5 Å². The van der Waals surface area contributed by atoms with Crippen LogP contribution in [0.15, 0.2) is 29.3 Å². The van der Waals surface area contributed by atoms with Crippen LogP contribution in [-0.2, 0) is 14.9 Å². The molecule has 0 saturated heterocycles. The van der Waals surface area contributed by atoms with Gasteiger partial charge in [0, 0.05) is 17.8 Å². The van der Waals surface area contributed by atoms with Crippen LogP contribution in [0.1, 0.15) is 49.0 Å². The fraction of sp³-hybridized carbons (Fsp3) is 0.474. The molecule has 0 saturated carbocycles. The molecule has 4 nitrogen and oxygen atoms in total. The number of hydrogen-bond acceptors (Lipinski definition) is 4. The number of ketones is 1. The van der Waals surface area contributed by atoms with Gasteiger partial charge in [0.2, 0.25) is 0 Å². The molecule has 1 aromatic carbocycles. The summed E-state index contributed by atoms with van der Waals surface area (Å²) >= 11 is 0. The first-order chi connectivity index (χ1) is 11.0. The van der Waals surface area contributed by atoms with Crippen molar-refractivity contribution in [1.29, 1.82) is 0 Å². The zero-order valence-corrected chi connectivity index (χ0v) is 13.8. The number of rotatable bonds is 4. The molecule has 0 heterocycles. The summed E-state index contributed by atoms with van der Waals surface area (Å²) in [5, 5.41) is 0. The van der Waals surface area contributed by atoms with E-state index >= 15 is 0 Å². The fourth-order valence-corrected chi connectivity index (χ4v) is 4.23. The van der Waals surface area contributed by atoms with E-state index in [9.17, 15) is 9.59 Å². The molecule has 0 aliphatic heterocycles. The summed E-state index contributed by atoms with van der Waals surface area (Å²) < 4.78 is 10.4. The van der Waals surface area contributed by atoms with Crippen LogP contribution < -0.4 is 4.74 Å². The molecule has 2 unspecified atom stereocenters. The minimum Gasteiger partial charge on any atom is -0.496 e. The van der Waals surface area contributed by atoms with Gasteiger partial charge in [0.15, 0.2) is 5.78 Å². The van der Waals surface area contributed by atoms with Crippen LogP contribution >= 0.6 is 0 Å². The molecule has 2 aliphatic rings. The SMILES string of the molecule is COc1cccc2c1C(=O)CC1C(COC=O)=C(C)CCC21C. The number of methoxy groups -OCH3 is 1. The first-order valence-electron chi connectivity index (χ1n) is 7.97. The number of carbonyl (C=O) groups is 2. The molecule has 2 atom stereocenters. The van der Waals surface area contributed by atoms with Crippen molar-refractivity contribution < 1.29 is 19.1 Å². The third kappa shape index (κ3) is 2.37. The van der Waals surface area contributed by atoms with Gasteiger partial charge in [-0.1, -0.05) is 24.6 Å². The van der Waals surface area contributed by atoms with Crippen LogP contribution in [0.4, 0.5) is 0 Å². The van der Waals surface area contributed by atoms with Crippen LogP contribution in [0.3, 0.4) is 0 Å². The fourth-order valence-electron chi connectivity index (χ4n) is 4.23. The minimum absolute atomic E-state index is 0.0864. The van der Waals surface area contributed by atoms with Crippen molar-refractivity contribution >= 4 is 12.3 Å². The summed E-state index contributed by atoms with van der Waals surface area (Å²) in [5.41, 5.74) is 4.01. The van der Waals surface area contributed by atoms with Crippen molar-refractivity contribution in [2.45, 2.75) is 38.5 Å². The van der Waals surface area contributed by atoms with E-state index in [2.05, 4.69) is 13.8 Å². The molecule has 0 radical (unpaired) electrons. The Morgan fingerprint density at radius 1 is 1.39 bits per heavy atom. The second-order valence-electron chi connectivity index (χ2n) is 6.69. The summed E-state index contributed by atoms with van der Waals surface area (Å²) in [7, 11) is 1.60. The highest BCUT2D eigenvalue weighted by atomic mass is 16.5. The van der Waals surface area contributed by atoms with Crippen molar-refractivity contribution in [2.24, 2.45) is 5.92 Å². The predicted molar refractivity (Wildman–Crippen MR) is 86.7 cm³/mol. The van der Waals surface area contributed by atoms with Gasteiger partial charge in [0.25, 0.3) is 6.47 Å². The van der Waals surface area contributed by atoms with Gasteiger partial charge in [-0.05, 0) is 37.0 Å². The number of carbonyl (C=O) groups excluding carboxylic acids is 2. The van der Waals surface area contributed by atoms with E-state index in [1.807, 2.05) is 18.2 Å². The van der Waals surface area contributed by atoms with E-state index in [-0.39, 0.29) is 23.7 Å². The topological polar surface area (TPSA) is 52.6 Å². The Morgan fingerprint density at radius 2 is 2.17 bits per heavy atom. The van der Waals surface area contributed by atoms with Crippen LogP contribution in [-0.4, -0.2) is 26.0 Å². The third-order valence-corrected chi connectivity index (χ3v) is 5.59. The van der Waals surface area contributed by atoms with Gasteiger partial charge in [0.1, 0.15) is 12.4 Å². The predicted octanol–water partition coefficient (Wildman–Crippen LogP) is 3.44. The summed E-state index contributed by atoms with van der Waals surface area (Å²) in [6.07, 6.45) is 2.38. The molecule has 23 heavy (non-hydrogen) atoms. The summed E-state index contributed by atoms with van der Waals surface area (Å²) in [5.74, 6) is 0.852. The van der Waals surface area contributed by atoms with Gasteiger partial charge in [-0.15, -0.1) is 0 Å². The molecule has 0 aromatic heterocycles. The summed E-state index contributed by atoms with van der Waals surface area (Å²) in [6, 6.07) is 5.84. The lowest BCUT2D eigenvalue weighted by Gasteiger charge is -2.47. The van der Waals surface area contributed by atoms with Crippen molar-refractivity contribution in [1.82, 2.24) is 0 Å². The van der Waals surface area contributed by atoms with Gasteiger partial charge in [-0.3, -0.25) is 9.59 Å². The zero-order chi connectivity index (χ0) is 16.6. The number of allylic oxidation sites excluding steroid dienone is 1. The van der Waals surface area contributed by atoms with Crippen LogP contribution in [0.2, 0.25) is 0 Å². The van der Waals surface area contributed by atoms with Gasteiger partial charge < -0.3 is 9.47 Å². The van der Waals surface area contributed by atoms with E-state index in [1.54, 1.807) is 7.11 Å². The van der Waals surface area contributed by atoms with Crippen LogP contribution in [0.5, 0.6) is 5.75 Å². The van der Waals surface area contributed by atoms with E-state index < -0.39 is 0 Å². The molecule has 0 bridgehead atoms. The van der Waals surface area contributed by atoms with Gasteiger partial charge in [-0.2, -0.15) is 0 Å². The Morgan fingerprint density at radius 3 is 2.87 bits per heavy atom. The first kappa shape index (κ1) is 15.8. The summed E-state index contributed by atoms with van der Waals surface area (Å²) in [4.78, 5) is 23.4. The molecule has 2 aliphatic carbocycles. The Bertz CT molecular complexity index is 689. The number of Topliss-reactive ketones (excluding diaryl/α,β-unsaturated/α-hetero) is 1. The lowest BCUT2D eigenvalue weighted by atomic mass is 9.56. The zero-order valence-electron chi connectivity index (χ0n) is 13.8. The quantitative estimate of drug-likeness (QED) is 0.631. The average molecular weight is 314 g/mol. The minimum atomic E-state index is -0.126. The molecule has 4 heteroatoms. The van der Waals surface area contributed by atoms with Crippen molar-refractivity contribution in [3.63, 3.8) is 0 Å². The molecule has 3 rings (SSSR count). The highest BCUT2D eigenvalue weighted by Crippen LogP contribution is 2.53. The van der Waals surface area contributed by atoms with Crippen LogP contribution in [0, 0.1) is 5.92 Å². The average Bonchev–Trinajstić information content (AvgIpc) is 2.56. The van der Waals surface area contributed by atoms with Gasteiger partial charge in [0.05, 0.1) is 12.7 Å². The monoisotopic (exact) mass is 314 g/mol. The molecular weight excluding hydrogens is 292 g/mol. The summed E-state index contributed by atoms with van der Waals surface area (Å²) in [6.45, 7) is 5.06. The van der Waals surface area contributed by atoms with Gasteiger partial charge in [-0.25, -0.2) is 0 Å². The van der Waals surface area contributed by atoms with E-state index in [0.29, 0.717) is 18.6 Å². The lowest BCUT2D eigenvalue weighted by molar-refractivity contribution is -0.128. The smallest absolute Gasteiger partial charge is 0.293 e. The molecule has 122 valence electrons. The number of ether oxygens (including phenoxy) is 2. The Balaban J connectivity index is 2.13. The third-order valence-electron chi connectivity index (χ3n) is 5.59. The number of hydrogen-bond donors (Lipinski definition) is 0. The molecule has 0 fully saturated rings. The number of fused-ring (bicyclic) bond motifs is 3. The molecule has 0 spiro atoms. The molecule has 1 aromatic rings. The molecular formula is C19H22O4. The molecule has 0 N–H and O–H groups in total. The Hall–Kier alpha value is -2.10. The maximum Gasteiger partial charge on any atom is 0.293 e. The van der Waals surface area contributed by atoms with E-state index in [0.717, 1.165) is 29.5 Å². The van der Waals surface area contributed by atoms with Crippen molar-refractivity contribution in [3.8, 4) is 5.75 Å². The van der Waals surface area contributed by atoms with E-state index in [4.69, 9.17) is 9.47 Å². The first-order valence-corrected chi connectivity index (χ1v) is 7.97. The number of benzene rings is 1. The Labute approximate surface area is 136 Å². The maximum absolute atomic E-state index is 12.8. The van der Waals surface area contributed by atoms with Gasteiger partial charge >= 0.3 is 0 Å². The second-order valence-corrected chi connectivity index (χ2v) is 6.69. The highest BCUT2D eigenvalue weighted by molar-refractivity contribution is 6.02. The van der Waals surface area contributed by atoms with E-state index in [1.165, 1.54) is 5.57 Å². The Kier molecular flexibility index (Phi) is 4.00. The highest BCUT2D eigenvalue weighted by Gasteiger charge is 2.48. The lowest BCUT2D eigenvalue weighted by Crippen LogP contribution is -2.43. The standard InChI is InChI=1S/C19H22O4/c1-12-7-8-19(2)14-5-4-6-17(22-3)18(14)16(21)9-15(19)13(12)10-23-11-20/h4-6,11,15H,7-10H2,1-3H3. The largest absolute Gasteiger partial charge is 0.496 e. The normalized spacial score (nSPS) is 26.4. The second kappa shape index (κ2) is 5.84. The van der Waals surface area contributed by atoms with Crippen molar-refractivity contribution in [2.75, 3.05) is 13.7 Å².